The Balaban J connectivity index is 1.65. The maximum atomic E-state index is 11.9. The number of benzene rings is 1. The monoisotopic (exact) mass is 334 g/mol. The number of hydrogen-bond acceptors (Lipinski definition) is 4. The highest BCUT2D eigenvalue weighted by Gasteiger charge is 2.24. The van der Waals surface area contributed by atoms with Crippen LogP contribution in [0.25, 0.3) is 0 Å². The number of piperidine rings is 1. The highest BCUT2D eigenvalue weighted by atomic mass is 16.6. The summed E-state index contributed by atoms with van der Waals surface area (Å²) in [4.78, 5) is 25.5. The summed E-state index contributed by atoms with van der Waals surface area (Å²) in [5.74, 6) is 0.866. The van der Waals surface area contributed by atoms with Gasteiger partial charge in [0, 0.05) is 19.1 Å². The number of nitrogens with zero attached hydrogens (tertiary/aromatic N) is 1. The van der Waals surface area contributed by atoms with E-state index in [0.717, 1.165) is 12.8 Å². The van der Waals surface area contributed by atoms with Gasteiger partial charge >= 0.3 is 6.09 Å². The average Bonchev–Trinajstić information content (AvgIpc) is 2.59. The first-order valence-electron chi connectivity index (χ1n) is 8.43. The predicted molar refractivity (Wildman–Crippen MR) is 90.9 cm³/mol. The van der Waals surface area contributed by atoms with Gasteiger partial charge in [-0.2, -0.15) is 0 Å². The highest BCUT2D eigenvalue weighted by Crippen LogP contribution is 2.12. The van der Waals surface area contributed by atoms with Gasteiger partial charge in [-0.1, -0.05) is 32.0 Å². The van der Waals surface area contributed by atoms with Crippen LogP contribution in [0.2, 0.25) is 0 Å². The molecule has 1 aromatic carbocycles. The Labute approximate surface area is 143 Å². The number of rotatable bonds is 6. The average molecular weight is 334 g/mol. The Morgan fingerprint density at radius 2 is 1.88 bits per heavy atom. The van der Waals surface area contributed by atoms with Crippen LogP contribution in [0.15, 0.2) is 30.3 Å². The number of hydrogen-bond donors (Lipinski definition) is 1. The van der Waals surface area contributed by atoms with E-state index in [1.807, 2.05) is 44.2 Å². The van der Waals surface area contributed by atoms with Crippen LogP contribution in [0.4, 0.5) is 4.79 Å². The maximum Gasteiger partial charge on any atom is 0.409 e. The second-order valence-electron chi connectivity index (χ2n) is 6.40. The van der Waals surface area contributed by atoms with Crippen LogP contribution in [0.5, 0.6) is 5.75 Å². The van der Waals surface area contributed by atoms with Crippen LogP contribution >= 0.6 is 0 Å². The lowest BCUT2D eigenvalue weighted by molar-refractivity contribution is -0.124. The minimum absolute atomic E-state index is 0.000652. The summed E-state index contributed by atoms with van der Waals surface area (Å²) in [7, 11) is 0. The SMILES string of the molecule is CC(C)COC(=O)N1CCC(NC(=O)COc2ccccc2)CC1. The van der Waals surface area contributed by atoms with Gasteiger partial charge in [0.25, 0.3) is 5.91 Å². The molecular formula is C18H26N2O4. The molecule has 0 aromatic heterocycles. The molecular weight excluding hydrogens is 308 g/mol. The summed E-state index contributed by atoms with van der Waals surface area (Å²) >= 11 is 0. The van der Waals surface area contributed by atoms with Gasteiger partial charge in [-0.15, -0.1) is 0 Å². The number of para-hydroxylation sites is 1. The summed E-state index contributed by atoms with van der Waals surface area (Å²) in [5.41, 5.74) is 0. The largest absolute Gasteiger partial charge is 0.484 e. The standard InChI is InChI=1S/C18H26N2O4/c1-14(2)12-24-18(22)20-10-8-15(9-11-20)19-17(21)13-23-16-6-4-3-5-7-16/h3-7,14-15H,8-13H2,1-2H3,(H,19,21). The van der Waals surface area contributed by atoms with Gasteiger partial charge in [0.2, 0.25) is 0 Å². The van der Waals surface area contributed by atoms with E-state index in [4.69, 9.17) is 9.47 Å². The molecule has 0 radical (unpaired) electrons. The Kier molecular flexibility index (Phi) is 6.90. The van der Waals surface area contributed by atoms with Gasteiger partial charge in [-0.05, 0) is 30.9 Å². The van der Waals surface area contributed by atoms with E-state index in [2.05, 4.69) is 5.32 Å². The number of carbonyl (C=O) groups is 2. The molecule has 132 valence electrons. The Bertz CT molecular complexity index is 525. The van der Waals surface area contributed by atoms with E-state index in [1.54, 1.807) is 4.90 Å². The molecule has 1 aliphatic rings. The molecule has 1 saturated heterocycles. The van der Waals surface area contributed by atoms with Crippen molar-refractivity contribution in [2.24, 2.45) is 5.92 Å². The van der Waals surface area contributed by atoms with Crippen molar-refractivity contribution in [2.75, 3.05) is 26.3 Å². The smallest absolute Gasteiger partial charge is 0.409 e. The molecule has 24 heavy (non-hydrogen) atoms. The number of ether oxygens (including phenoxy) is 2. The highest BCUT2D eigenvalue weighted by molar-refractivity contribution is 5.77. The number of carbonyl (C=O) groups excluding carboxylic acids is 2. The lowest BCUT2D eigenvalue weighted by atomic mass is 10.1. The van der Waals surface area contributed by atoms with Gasteiger partial charge in [0.15, 0.2) is 6.61 Å². The summed E-state index contributed by atoms with van der Waals surface area (Å²) in [6.07, 6.45) is 1.20. The minimum atomic E-state index is -0.263. The van der Waals surface area contributed by atoms with E-state index >= 15 is 0 Å². The zero-order valence-electron chi connectivity index (χ0n) is 14.4. The third kappa shape index (κ3) is 6.10. The zero-order valence-corrected chi connectivity index (χ0v) is 14.4. The topological polar surface area (TPSA) is 67.9 Å². The molecule has 0 unspecified atom stereocenters. The van der Waals surface area contributed by atoms with Crippen LogP contribution in [0, 0.1) is 5.92 Å². The van der Waals surface area contributed by atoms with Gasteiger partial charge < -0.3 is 19.7 Å². The summed E-state index contributed by atoms with van der Waals surface area (Å²) in [6.45, 7) is 5.65. The van der Waals surface area contributed by atoms with Gasteiger partial charge in [0.05, 0.1) is 6.61 Å². The van der Waals surface area contributed by atoms with Crippen LogP contribution in [0.3, 0.4) is 0 Å². The van der Waals surface area contributed by atoms with Crippen LogP contribution in [-0.4, -0.2) is 49.2 Å². The quantitative estimate of drug-likeness (QED) is 0.868. The van der Waals surface area contributed by atoms with Crippen molar-refractivity contribution < 1.29 is 19.1 Å². The molecule has 0 atom stereocenters. The third-order valence-electron chi connectivity index (χ3n) is 3.77. The van der Waals surface area contributed by atoms with Crippen LogP contribution in [0.1, 0.15) is 26.7 Å². The van der Waals surface area contributed by atoms with Crippen LogP contribution in [-0.2, 0) is 9.53 Å². The molecule has 1 aliphatic heterocycles. The van der Waals surface area contributed by atoms with Crippen molar-refractivity contribution in [3.8, 4) is 5.75 Å². The van der Waals surface area contributed by atoms with Crippen molar-refractivity contribution in [3.05, 3.63) is 30.3 Å². The molecule has 6 nitrogen and oxygen atoms in total. The van der Waals surface area contributed by atoms with E-state index in [-0.39, 0.29) is 24.6 Å². The first kappa shape index (κ1) is 18.1. The molecule has 0 saturated carbocycles. The molecule has 1 fully saturated rings. The van der Waals surface area contributed by atoms with Crippen molar-refractivity contribution in [1.82, 2.24) is 10.2 Å². The predicted octanol–water partition coefficient (Wildman–Crippen LogP) is 2.44. The molecule has 0 aliphatic carbocycles. The normalized spacial score (nSPS) is 15.2. The van der Waals surface area contributed by atoms with Crippen molar-refractivity contribution in [1.29, 1.82) is 0 Å². The second kappa shape index (κ2) is 9.15. The van der Waals surface area contributed by atoms with E-state index in [0.29, 0.717) is 31.4 Å². The molecule has 1 aromatic rings. The molecule has 1 heterocycles. The first-order valence-corrected chi connectivity index (χ1v) is 8.43. The van der Waals surface area contributed by atoms with Crippen molar-refractivity contribution >= 4 is 12.0 Å². The number of likely N-dealkylation sites (tertiary alicyclic amines) is 1. The van der Waals surface area contributed by atoms with Gasteiger partial charge in [0.1, 0.15) is 5.75 Å². The van der Waals surface area contributed by atoms with E-state index in [1.165, 1.54) is 0 Å². The molecule has 0 bridgehead atoms. The molecule has 1 N–H and O–H groups in total. The van der Waals surface area contributed by atoms with Gasteiger partial charge in [-0.25, -0.2) is 4.79 Å². The Morgan fingerprint density at radius 3 is 2.50 bits per heavy atom. The summed E-state index contributed by atoms with van der Waals surface area (Å²) < 4.78 is 10.7. The lowest BCUT2D eigenvalue weighted by Crippen LogP contribution is -2.47. The Hall–Kier alpha value is -2.24. The molecule has 2 amide bonds. The van der Waals surface area contributed by atoms with Crippen LogP contribution < -0.4 is 10.1 Å². The summed E-state index contributed by atoms with van der Waals surface area (Å²) in [6, 6.07) is 9.32. The molecule has 2 rings (SSSR count). The zero-order chi connectivity index (χ0) is 17.4. The molecule has 0 spiro atoms. The van der Waals surface area contributed by atoms with Crippen molar-refractivity contribution in [3.63, 3.8) is 0 Å². The fourth-order valence-electron chi connectivity index (χ4n) is 2.47. The Morgan fingerprint density at radius 1 is 1.21 bits per heavy atom. The number of amides is 2. The lowest BCUT2D eigenvalue weighted by Gasteiger charge is -2.31. The minimum Gasteiger partial charge on any atom is -0.484 e. The summed E-state index contributed by atoms with van der Waals surface area (Å²) in [5, 5.41) is 2.96. The molecule has 6 heteroatoms. The van der Waals surface area contributed by atoms with E-state index < -0.39 is 0 Å². The fourth-order valence-corrected chi connectivity index (χ4v) is 2.47. The maximum absolute atomic E-state index is 11.9. The fraction of sp³-hybridized carbons (Fsp3) is 0.556. The van der Waals surface area contributed by atoms with E-state index in [9.17, 15) is 9.59 Å². The van der Waals surface area contributed by atoms with Gasteiger partial charge in [-0.3, -0.25) is 4.79 Å². The first-order chi connectivity index (χ1) is 11.5. The number of nitrogens with one attached hydrogen (secondary N) is 1. The van der Waals surface area contributed by atoms with Crippen molar-refractivity contribution in [2.45, 2.75) is 32.7 Å². The third-order valence-corrected chi connectivity index (χ3v) is 3.77. The second-order valence-corrected chi connectivity index (χ2v) is 6.40.